The molecule has 1 saturated carbocycles. The first-order valence-corrected chi connectivity index (χ1v) is 10.6. The van der Waals surface area contributed by atoms with Crippen LogP contribution in [0.4, 0.5) is 18.9 Å². The maximum absolute atomic E-state index is 12.1. The predicted octanol–water partition coefficient (Wildman–Crippen LogP) is 4.19. The Kier molecular flexibility index (Phi) is 6.34. The second-order valence-electron chi connectivity index (χ2n) is 8.06. The molecule has 1 N–H and O–H groups in total. The molecular weight excluding hydrogens is 425 g/mol. The van der Waals surface area contributed by atoms with Gasteiger partial charge in [-0.1, -0.05) is 12.1 Å². The Morgan fingerprint density at radius 2 is 1.91 bits per heavy atom. The maximum atomic E-state index is 12.1. The Balaban J connectivity index is 1.21. The third-order valence-electron chi connectivity index (χ3n) is 5.66. The molecule has 1 fully saturated rings. The van der Waals surface area contributed by atoms with E-state index in [0.717, 1.165) is 42.0 Å². The molecule has 0 spiro atoms. The minimum atomic E-state index is -5.17. The average Bonchev–Trinajstić information content (AvgIpc) is 3.52. The molecule has 4 rings (SSSR count). The number of carbonyl (C=O) groups excluding carboxylic acids is 2. The van der Waals surface area contributed by atoms with Gasteiger partial charge >= 0.3 is 18.1 Å². The molecule has 1 aromatic heterocycles. The van der Waals surface area contributed by atoms with Crippen LogP contribution in [0.1, 0.15) is 42.1 Å². The minimum Gasteiger partial charge on any atom is -0.493 e. The molecule has 2 aliphatic rings. The summed E-state index contributed by atoms with van der Waals surface area (Å²) in [6.45, 7) is 1.47. The van der Waals surface area contributed by atoms with Gasteiger partial charge in [-0.3, -0.25) is 9.78 Å². The number of nitrogens with one attached hydrogen (secondary N) is 1. The lowest BCUT2D eigenvalue weighted by molar-refractivity contribution is -0.201. The summed E-state index contributed by atoms with van der Waals surface area (Å²) >= 11 is 0. The van der Waals surface area contributed by atoms with Crippen molar-refractivity contribution in [3.63, 3.8) is 0 Å². The lowest BCUT2D eigenvalue weighted by Crippen LogP contribution is -2.28. The van der Waals surface area contributed by atoms with E-state index in [4.69, 9.17) is 4.74 Å². The number of hydrogen-bond acceptors (Lipinski definition) is 6. The third kappa shape index (κ3) is 5.57. The van der Waals surface area contributed by atoms with Gasteiger partial charge in [-0.05, 0) is 60.9 Å². The zero-order valence-corrected chi connectivity index (χ0v) is 17.3. The van der Waals surface area contributed by atoms with Crippen LogP contribution in [0.25, 0.3) is 0 Å². The highest BCUT2D eigenvalue weighted by molar-refractivity contribution is 5.88. The van der Waals surface area contributed by atoms with E-state index in [1.807, 2.05) is 30.3 Å². The minimum absolute atomic E-state index is 0.0610. The Morgan fingerprint density at radius 3 is 2.66 bits per heavy atom. The number of carbonyl (C=O) groups is 2. The average molecular weight is 448 g/mol. The van der Waals surface area contributed by atoms with E-state index in [1.54, 1.807) is 0 Å². The van der Waals surface area contributed by atoms with Crippen LogP contribution in [0, 0.1) is 5.92 Å². The normalized spacial score (nSPS) is 19.5. The maximum Gasteiger partial charge on any atom is 0.491 e. The molecule has 2 aromatic rings. The quantitative estimate of drug-likeness (QED) is 0.506. The largest absolute Gasteiger partial charge is 0.493 e. The van der Waals surface area contributed by atoms with Crippen LogP contribution < -0.4 is 10.1 Å². The SMILES string of the molecule is O=C(CC1CC1c1ccc(OCCc2ccc3c(n2)CCCN3)cc1)OC(=O)C(F)(F)F. The number of fused-ring (bicyclic) bond motifs is 1. The molecular formula is C23H23F3N2O4. The standard InChI is InChI=1S/C23H23F3N2O4/c24-23(25,26)22(30)32-21(29)13-15-12-18(15)14-3-6-17(7-4-14)31-11-9-16-5-8-19-20(28-16)2-1-10-27-19/h3-8,15,18,27H,1-2,9-13H2. The van der Waals surface area contributed by atoms with Crippen LogP contribution in [-0.4, -0.2) is 36.3 Å². The van der Waals surface area contributed by atoms with Crippen LogP contribution >= 0.6 is 0 Å². The van der Waals surface area contributed by atoms with E-state index in [1.165, 1.54) is 0 Å². The number of pyridine rings is 1. The molecule has 0 saturated heterocycles. The number of hydrogen-bond donors (Lipinski definition) is 1. The van der Waals surface area contributed by atoms with Crippen molar-refractivity contribution in [2.75, 3.05) is 18.5 Å². The molecule has 2 atom stereocenters. The number of esters is 2. The fourth-order valence-corrected chi connectivity index (χ4v) is 3.90. The first-order chi connectivity index (χ1) is 15.3. The van der Waals surface area contributed by atoms with Crippen LogP contribution in [0.15, 0.2) is 36.4 Å². The second kappa shape index (κ2) is 9.18. The fraction of sp³-hybridized carbons (Fsp3) is 0.435. The Labute approximate surface area is 183 Å². The van der Waals surface area contributed by atoms with E-state index >= 15 is 0 Å². The number of aryl methyl sites for hydroxylation is 1. The molecule has 0 radical (unpaired) electrons. The number of halogens is 3. The number of rotatable bonds is 7. The van der Waals surface area contributed by atoms with Crippen LogP contribution in [0.3, 0.4) is 0 Å². The summed E-state index contributed by atoms with van der Waals surface area (Å²) in [5.41, 5.74) is 4.17. The Morgan fingerprint density at radius 1 is 1.12 bits per heavy atom. The summed E-state index contributed by atoms with van der Waals surface area (Å²) < 4.78 is 46.1. The highest BCUT2D eigenvalue weighted by Crippen LogP contribution is 2.50. The van der Waals surface area contributed by atoms with Gasteiger partial charge in [-0.2, -0.15) is 13.2 Å². The van der Waals surface area contributed by atoms with Crippen molar-refractivity contribution in [2.24, 2.45) is 5.92 Å². The summed E-state index contributed by atoms with van der Waals surface area (Å²) in [7, 11) is 0. The molecule has 2 heterocycles. The van der Waals surface area contributed by atoms with E-state index in [0.29, 0.717) is 25.2 Å². The van der Waals surface area contributed by atoms with Crippen molar-refractivity contribution in [1.29, 1.82) is 0 Å². The third-order valence-corrected chi connectivity index (χ3v) is 5.66. The van der Waals surface area contributed by atoms with Gasteiger partial charge in [-0.25, -0.2) is 4.79 Å². The molecule has 0 bridgehead atoms. The second-order valence-corrected chi connectivity index (χ2v) is 8.06. The fourth-order valence-electron chi connectivity index (χ4n) is 3.90. The summed E-state index contributed by atoms with van der Waals surface area (Å²) in [4.78, 5) is 26.9. The van der Waals surface area contributed by atoms with E-state index in [2.05, 4.69) is 21.1 Å². The molecule has 170 valence electrons. The first-order valence-electron chi connectivity index (χ1n) is 10.6. The van der Waals surface area contributed by atoms with Crippen LogP contribution in [0.2, 0.25) is 0 Å². The van der Waals surface area contributed by atoms with Crippen molar-refractivity contribution in [3.05, 3.63) is 53.3 Å². The van der Waals surface area contributed by atoms with Gasteiger partial charge in [0.25, 0.3) is 0 Å². The topological polar surface area (TPSA) is 77.5 Å². The van der Waals surface area contributed by atoms with Gasteiger partial charge < -0.3 is 14.8 Å². The van der Waals surface area contributed by atoms with Crippen molar-refractivity contribution in [1.82, 2.24) is 4.98 Å². The molecule has 6 nitrogen and oxygen atoms in total. The number of alkyl halides is 3. The van der Waals surface area contributed by atoms with Gasteiger partial charge in [0, 0.05) is 25.1 Å². The number of anilines is 1. The summed E-state index contributed by atoms with van der Waals surface area (Å²) in [5.74, 6) is -2.97. The molecule has 0 amide bonds. The van der Waals surface area contributed by atoms with Gasteiger partial charge in [0.15, 0.2) is 0 Å². The molecule has 32 heavy (non-hydrogen) atoms. The highest BCUT2D eigenvalue weighted by Gasteiger charge is 2.45. The van der Waals surface area contributed by atoms with Crippen LogP contribution in [-0.2, 0) is 27.2 Å². The van der Waals surface area contributed by atoms with E-state index in [-0.39, 0.29) is 18.3 Å². The van der Waals surface area contributed by atoms with Gasteiger partial charge in [0.1, 0.15) is 5.75 Å². The Hall–Kier alpha value is -3.10. The highest BCUT2D eigenvalue weighted by atomic mass is 19.4. The molecule has 2 unspecified atom stereocenters. The first kappa shape index (κ1) is 22.1. The van der Waals surface area contributed by atoms with Crippen molar-refractivity contribution < 1.29 is 32.2 Å². The molecule has 9 heteroatoms. The zero-order chi connectivity index (χ0) is 22.7. The predicted molar refractivity (Wildman–Crippen MR) is 109 cm³/mol. The zero-order valence-electron chi connectivity index (χ0n) is 17.3. The summed E-state index contributed by atoms with van der Waals surface area (Å²) in [5, 5.41) is 3.34. The molecule has 1 aliphatic carbocycles. The lowest BCUT2D eigenvalue weighted by atomic mass is 10.1. The van der Waals surface area contributed by atoms with Crippen LogP contribution in [0.5, 0.6) is 5.75 Å². The van der Waals surface area contributed by atoms with Gasteiger partial charge in [-0.15, -0.1) is 0 Å². The van der Waals surface area contributed by atoms with E-state index < -0.39 is 18.1 Å². The van der Waals surface area contributed by atoms with Crippen molar-refractivity contribution in [3.8, 4) is 5.75 Å². The smallest absolute Gasteiger partial charge is 0.491 e. The summed E-state index contributed by atoms with van der Waals surface area (Å²) in [6, 6.07) is 11.5. The number of nitrogens with zero attached hydrogens (tertiary/aromatic N) is 1. The van der Waals surface area contributed by atoms with E-state index in [9.17, 15) is 22.8 Å². The monoisotopic (exact) mass is 448 g/mol. The lowest BCUT2D eigenvalue weighted by Gasteiger charge is -2.17. The number of aromatic nitrogens is 1. The van der Waals surface area contributed by atoms with Crippen molar-refractivity contribution in [2.45, 2.75) is 44.2 Å². The van der Waals surface area contributed by atoms with Crippen molar-refractivity contribution >= 4 is 17.6 Å². The Bertz CT molecular complexity index is 992. The van der Waals surface area contributed by atoms with Gasteiger partial charge in [0.05, 0.1) is 18.0 Å². The number of ether oxygens (including phenoxy) is 2. The van der Waals surface area contributed by atoms with Gasteiger partial charge in [0.2, 0.25) is 0 Å². The molecule has 1 aromatic carbocycles. The summed E-state index contributed by atoms with van der Waals surface area (Å²) in [6.07, 6.45) is -1.96. The number of benzene rings is 1. The molecule has 1 aliphatic heterocycles.